The zero-order valence-corrected chi connectivity index (χ0v) is 10.8. The summed E-state index contributed by atoms with van der Waals surface area (Å²) in [5.74, 6) is -0.586. The summed E-state index contributed by atoms with van der Waals surface area (Å²) in [4.78, 5) is 12.2. The fourth-order valence-corrected chi connectivity index (χ4v) is 2.62. The molecule has 20 heavy (non-hydrogen) atoms. The van der Waals surface area contributed by atoms with E-state index in [9.17, 15) is 14.5 Å². The van der Waals surface area contributed by atoms with E-state index < -0.39 is 10.7 Å². The third-order valence-electron chi connectivity index (χ3n) is 3.50. The van der Waals surface area contributed by atoms with E-state index in [0.717, 1.165) is 31.1 Å². The molecule has 0 bridgehead atoms. The topological polar surface area (TPSA) is 46.4 Å². The predicted molar refractivity (Wildman–Crippen MR) is 74.8 cm³/mol. The van der Waals surface area contributed by atoms with Gasteiger partial charge in [-0.1, -0.05) is 18.2 Å². The second-order valence-electron chi connectivity index (χ2n) is 4.81. The summed E-state index contributed by atoms with van der Waals surface area (Å²) in [6.45, 7) is 0.734. The SMILES string of the molecule is O=[N+]([O-])c1cc(F)cc(N2CCCc3ccccc32)c1. The van der Waals surface area contributed by atoms with Gasteiger partial charge in [0.25, 0.3) is 5.69 Å². The molecule has 0 saturated carbocycles. The largest absolute Gasteiger partial charge is 0.341 e. The van der Waals surface area contributed by atoms with Gasteiger partial charge in [0.05, 0.1) is 16.7 Å². The lowest BCUT2D eigenvalue weighted by atomic mass is 10.0. The molecule has 3 rings (SSSR count). The van der Waals surface area contributed by atoms with Crippen LogP contribution in [0.15, 0.2) is 42.5 Å². The van der Waals surface area contributed by atoms with Crippen molar-refractivity contribution in [3.8, 4) is 0 Å². The van der Waals surface area contributed by atoms with Crippen molar-refractivity contribution in [3.05, 3.63) is 64.0 Å². The second kappa shape index (κ2) is 4.92. The minimum Gasteiger partial charge on any atom is -0.341 e. The van der Waals surface area contributed by atoms with Crippen LogP contribution in [0.3, 0.4) is 0 Å². The maximum absolute atomic E-state index is 13.6. The molecule has 0 aliphatic carbocycles. The fourth-order valence-electron chi connectivity index (χ4n) is 2.62. The van der Waals surface area contributed by atoms with Gasteiger partial charge in [-0.2, -0.15) is 0 Å². The molecular formula is C15H13FN2O2. The van der Waals surface area contributed by atoms with E-state index in [1.807, 2.05) is 29.2 Å². The van der Waals surface area contributed by atoms with Crippen LogP contribution in [0.1, 0.15) is 12.0 Å². The number of nitrogens with zero attached hydrogens (tertiary/aromatic N) is 2. The molecule has 0 spiro atoms. The van der Waals surface area contributed by atoms with E-state index in [1.54, 1.807) is 0 Å². The number of hydrogen-bond acceptors (Lipinski definition) is 3. The Labute approximate surface area is 115 Å². The lowest BCUT2D eigenvalue weighted by Crippen LogP contribution is -2.24. The molecule has 0 atom stereocenters. The summed E-state index contributed by atoms with van der Waals surface area (Å²) in [7, 11) is 0. The molecule has 1 aliphatic heterocycles. The van der Waals surface area contributed by atoms with Gasteiger partial charge < -0.3 is 4.90 Å². The highest BCUT2D eigenvalue weighted by Crippen LogP contribution is 2.35. The number of nitro groups is 1. The summed E-state index contributed by atoms with van der Waals surface area (Å²) in [5.41, 5.74) is 2.50. The van der Waals surface area contributed by atoms with Gasteiger partial charge in [-0.05, 0) is 30.5 Å². The van der Waals surface area contributed by atoms with Crippen LogP contribution in [-0.4, -0.2) is 11.5 Å². The number of benzene rings is 2. The van der Waals surface area contributed by atoms with Crippen LogP contribution in [0.5, 0.6) is 0 Å². The average Bonchev–Trinajstić information content (AvgIpc) is 2.46. The van der Waals surface area contributed by atoms with Crippen LogP contribution < -0.4 is 4.90 Å². The molecule has 0 saturated heterocycles. The molecule has 102 valence electrons. The second-order valence-corrected chi connectivity index (χ2v) is 4.81. The minimum atomic E-state index is -0.586. The van der Waals surface area contributed by atoms with E-state index in [0.29, 0.717) is 5.69 Å². The lowest BCUT2D eigenvalue weighted by Gasteiger charge is -2.31. The summed E-state index contributed by atoms with van der Waals surface area (Å²) < 4.78 is 13.6. The number of anilines is 2. The Bertz CT molecular complexity index is 673. The highest BCUT2D eigenvalue weighted by molar-refractivity contribution is 5.69. The Kier molecular flexibility index (Phi) is 3.10. The average molecular weight is 272 g/mol. The molecule has 4 nitrogen and oxygen atoms in total. The molecule has 2 aromatic rings. The lowest BCUT2D eigenvalue weighted by molar-refractivity contribution is -0.385. The minimum absolute atomic E-state index is 0.219. The van der Waals surface area contributed by atoms with Crippen molar-refractivity contribution in [1.29, 1.82) is 0 Å². The Hall–Kier alpha value is -2.43. The molecule has 0 N–H and O–H groups in total. The number of rotatable bonds is 2. The van der Waals surface area contributed by atoms with Gasteiger partial charge in [0.15, 0.2) is 0 Å². The van der Waals surface area contributed by atoms with Gasteiger partial charge in [-0.25, -0.2) is 4.39 Å². The Morgan fingerprint density at radius 2 is 2.00 bits per heavy atom. The molecule has 0 unspecified atom stereocenters. The van der Waals surface area contributed by atoms with E-state index in [1.165, 1.54) is 17.7 Å². The Morgan fingerprint density at radius 1 is 1.20 bits per heavy atom. The Morgan fingerprint density at radius 3 is 2.80 bits per heavy atom. The fraction of sp³-hybridized carbons (Fsp3) is 0.200. The van der Waals surface area contributed by atoms with Crippen molar-refractivity contribution in [1.82, 2.24) is 0 Å². The molecule has 0 amide bonds. The van der Waals surface area contributed by atoms with E-state index >= 15 is 0 Å². The number of para-hydroxylation sites is 1. The van der Waals surface area contributed by atoms with Crippen LogP contribution in [0, 0.1) is 15.9 Å². The van der Waals surface area contributed by atoms with Gasteiger partial charge in [0, 0.05) is 18.3 Å². The zero-order chi connectivity index (χ0) is 14.1. The maximum Gasteiger partial charge on any atom is 0.274 e. The third kappa shape index (κ3) is 2.22. The normalized spacial score (nSPS) is 13.9. The molecule has 5 heteroatoms. The van der Waals surface area contributed by atoms with Crippen LogP contribution in [0.25, 0.3) is 0 Å². The molecule has 2 aromatic carbocycles. The van der Waals surface area contributed by atoms with Gasteiger partial charge in [-0.15, -0.1) is 0 Å². The van der Waals surface area contributed by atoms with Gasteiger partial charge in [0.1, 0.15) is 5.82 Å². The molecule has 0 aromatic heterocycles. The molecule has 1 aliphatic rings. The summed E-state index contributed by atoms with van der Waals surface area (Å²) in [5, 5.41) is 10.9. The zero-order valence-electron chi connectivity index (χ0n) is 10.8. The standard InChI is InChI=1S/C15H13FN2O2/c16-12-8-13(10-14(9-12)18(19)20)17-7-3-5-11-4-1-2-6-15(11)17/h1-2,4,6,8-10H,3,5,7H2. The van der Waals surface area contributed by atoms with E-state index in [-0.39, 0.29) is 5.69 Å². The van der Waals surface area contributed by atoms with Gasteiger partial charge in [0.2, 0.25) is 0 Å². The number of aryl methyl sites for hydroxylation is 1. The summed E-state index contributed by atoms with van der Waals surface area (Å²) >= 11 is 0. The highest BCUT2D eigenvalue weighted by atomic mass is 19.1. The van der Waals surface area contributed by atoms with Crippen LogP contribution in [-0.2, 0) is 6.42 Å². The first-order chi connectivity index (χ1) is 9.65. The van der Waals surface area contributed by atoms with Crippen LogP contribution in [0.2, 0.25) is 0 Å². The Balaban J connectivity index is 2.08. The highest BCUT2D eigenvalue weighted by Gasteiger charge is 2.20. The third-order valence-corrected chi connectivity index (χ3v) is 3.50. The number of nitro benzene ring substituents is 1. The van der Waals surface area contributed by atoms with Crippen molar-refractivity contribution >= 4 is 17.1 Å². The van der Waals surface area contributed by atoms with Crippen molar-refractivity contribution in [2.75, 3.05) is 11.4 Å². The van der Waals surface area contributed by atoms with Crippen molar-refractivity contribution < 1.29 is 9.31 Å². The first-order valence-corrected chi connectivity index (χ1v) is 6.45. The quantitative estimate of drug-likeness (QED) is 0.616. The van der Waals surface area contributed by atoms with Crippen LogP contribution in [0.4, 0.5) is 21.5 Å². The smallest absolute Gasteiger partial charge is 0.274 e. The number of halogens is 1. The van der Waals surface area contributed by atoms with Crippen molar-refractivity contribution in [3.63, 3.8) is 0 Å². The van der Waals surface area contributed by atoms with Crippen LogP contribution >= 0.6 is 0 Å². The predicted octanol–water partition coefficient (Wildman–Crippen LogP) is 3.82. The molecule has 1 heterocycles. The van der Waals surface area contributed by atoms with E-state index in [4.69, 9.17) is 0 Å². The summed E-state index contributed by atoms with van der Waals surface area (Å²) in [6.07, 6.45) is 1.92. The van der Waals surface area contributed by atoms with Crippen molar-refractivity contribution in [2.45, 2.75) is 12.8 Å². The molecule has 0 radical (unpaired) electrons. The van der Waals surface area contributed by atoms with Gasteiger partial charge >= 0.3 is 0 Å². The number of hydrogen-bond donors (Lipinski definition) is 0. The van der Waals surface area contributed by atoms with E-state index in [2.05, 4.69) is 0 Å². The first-order valence-electron chi connectivity index (χ1n) is 6.45. The summed E-state index contributed by atoms with van der Waals surface area (Å²) in [6, 6.07) is 11.6. The number of fused-ring (bicyclic) bond motifs is 1. The monoisotopic (exact) mass is 272 g/mol. The molecular weight excluding hydrogens is 259 g/mol. The first kappa shape index (κ1) is 12.6. The molecule has 0 fully saturated rings. The maximum atomic E-state index is 13.6. The van der Waals surface area contributed by atoms with Crippen molar-refractivity contribution in [2.24, 2.45) is 0 Å². The van der Waals surface area contributed by atoms with Gasteiger partial charge in [-0.3, -0.25) is 10.1 Å². The number of non-ortho nitro benzene ring substituents is 1.